The number of nitro benzene ring substituents is 1. The molecule has 1 atom stereocenters. The number of para-hydroxylation sites is 1. The minimum atomic E-state index is -0.322. The van der Waals surface area contributed by atoms with Crippen LogP contribution in [-0.2, 0) is 0 Å². The van der Waals surface area contributed by atoms with E-state index in [0.717, 1.165) is 29.2 Å². The Hall–Kier alpha value is -0.680. The summed E-state index contributed by atoms with van der Waals surface area (Å²) in [6.45, 7) is 2.14. The summed E-state index contributed by atoms with van der Waals surface area (Å²) < 4.78 is 0. The van der Waals surface area contributed by atoms with Crippen molar-refractivity contribution in [3.63, 3.8) is 0 Å². The van der Waals surface area contributed by atoms with Crippen molar-refractivity contribution < 1.29 is 4.92 Å². The minimum absolute atomic E-state index is 0.201. The van der Waals surface area contributed by atoms with Crippen LogP contribution in [0.2, 0.25) is 0 Å². The second kappa shape index (κ2) is 7.61. The van der Waals surface area contributed by atoms with E-state index in [-0.39, 0.29) is 10.6 Å². The van der Waals surface area contributed by atoms with Crippen molar-refractivity contribution in [2.75, 3.05) is 11.5 Å². The molecule has 0 spiro atoms. The predicted octanol–water partition coefficient (Wildman–Crippen LogP) is 4.03. The van der Waals surface area contributed by atoms with Gasteiger partial charge in [0.2, 0.25) is 0 Å². The molecule has 1 aromatic rings. The molecule has 0 saturated carbocycles. The Morgan fingerprint density at radius 2 is 2.18 bits per heavy atom. The lowest BCUT2D eigenvalue weighted by Crippen LogP contribution is -2.05. The molecule has 5 heteroatoms. The van der Waals surface area contributed by atoms with E-state index in [1.165, 1.54) is 0 Å². The Morgan fingerprint density at radius 3 is 2.76 bits per heavy atom. The normalized spacial score (nSPS) is 12.4. The van der Waals surface area contributed by atoms with Crippen LogP contribution in [0.3, 0.4) is 0 Å². The van der Waals surface area contributed by atoms with Gasteiger partial charge in [-0.3, -0.25) is 10.1 Å². The molecule has 17 heavy (non-hydrogen) atoms. The molecule has 0 fully saturated rings. The van der Waals surface area contributed by atoms with Gasteiger partial charge in [0, 0.05) is 11.8 Å². The number of rotatable bonds is 7. The molecule has 3 nitrogen and oxygen atoms in total. The first kappa shape index (κ1) is 14.4. The first-order valence-electron chi connectivity index (χ1n) is 5.66. The molecule has 0 aromatic heterocycles. The van der Waals surface area contributed by atoms with Crippen LogP contribution in [0, 0.1) is 16.0 Å². The molecule has 0 aliphatic rings. The first-order chi connectivity index (χ1) is 8.19. The zero-order chi connectivity index (χ0) is 12.7. The summed E-state index contributed by atoms with van der Waals surface area (Å²) in [4.78, 5) is 11.3. The monoisotopic (exact) mass is 271 g/mol. The summed E-state index contributed by atoms with van der Waals surface area (Å²) in [5.74, 6) is 2.25. The Bertz CT molecular complexity index is 371. The molecule has 94 valence electrons. The number of nitro groups is 1. The Balaban J connectivity index is 2.65. The van der Waals surface area contributed by atoms with Crippen molar-refractivity contribution in [3.05, 3.63) is 34.4 Å². The Kier molecular flexibility index (Phi) is 6.44. The third-order valence-corrected chi connectivity index (χ3v) is 4.30. The summed E-state index contributed by atoms with van der Waals surface area (Å²) in [6, 6.07) is 6.90. The van der Waals surface area contributed by atoms with Crippen molar-refractivity contribution in [3.8, 4) is 0 Å². The number of thioether (sulfide) groups is 1. The van der Waals surface area contributed by atoms with Crippen molar-refractivity contribution in [1.82, 2.24) is 0 Å². The zero-order valence-corrected chi connectivity index (χ0v) is 11.5. The van der Waals surface area contributed by atoms with Crippen LogP contribution in [0.4, 0.5) is 5.69 Å². The smallest absolute Gasteiger partial charge is 0.258 e. The zero-order valence-electron chi connectivity index (χ0n) is 9.83. The van der Waals surface area contributed by atoms with E-state index < -0.39 is 0 Å². The maximum atomic E-state index is 10.8. The van der Waals surface area contributed by atoms with Crippen molar-refractivity contribution in [1.29, 1.82) is 0 Å². The van der Waals surface area contributed by atoms with Gasteiger partial charge in [0.1, 0.15) is 0 Å². The summed E-state index contributed by atoms with van der Waals surface area (Å²) in [7, 11) is 0. The van der Waals surface area contributed by atoms with Crippen molar-refractivity contribution in [2.24, 2.45) is 5.92 Å². The molecule has 0 amide bonds. The molecule has 0 N–H and O–H groups in total. The molecule has 0 aliphatic carbocycles. The van der Waals surface area contributed by atoms with Crippen LogP contribution in [0.1, 0.15) is 19.8 Å². The molecule has 0 bridgehead atoms. The van der Waals surface area contributed by atoms with Gasteiger partial charge in [0.15, 0.2) is 0 Å². The number of thiol groups is 1. The van der Waals surface area contributed by atoms with Crippen LogP contribution in [0.5, 0.6) is 0 Å². The van der Waals surface area contributed by atoms with E-state index in [2.05, 4.69) is 19.6 Å². The molecule has 0 heterocycles. The van der Waals surface area contributed by atoms with E-state index in [4.69, 9.17) is 0 Å². The van der Waals surface area contributed by atoms with Gasteiger partial charge in [-0.2, -0.15) is 12.6 Å². The third-order valence-electron chi connectivity index (χ3n) is 2.49. The van der Waals surface area contributed by atoms with Gasteiger partial charge in [0.05, 0.1) is 9.82 Å². The molecular weight excluding hydrogens is 254 g/mol. The van der Waals surface area contributed by atoms with Crippen molar-refractivity contribution >= 4 is 30.1 Å². The fourth-order valence-electron chi connectivity index (χ4n) is 1.57. The molecule has 1 unspecified atom stereocenters. The second-order valence-corrected chi connectivity index (χ2v) is 5.30. The summed E-state index contributed by atoms with van der Waals surface area (Å²) in [5.41, 5.74) is 0.201. The SMILES string of the molecule is CCCC(CS)CSc1ccccc1[N+](=O)[O-]. The van der Waals surface area contributed by atoms with Crippen LogP contribution in [0.25, 0.3) is 0 Å². The number of nitrogens with zero attached hydrogens (tertiary/aromatic N) is 1. The highest BCUT2D eigenvalue weighted by Gasteiger charge is 2.14. The van der Waals surface area contributed by atoms with Gasteiger partial charge in [-0.25, -0.2) is 0 Å². The third kappa shape index (κ3) is 4.60. The van der Waals surface area contributed by atoms with Crippen LogP contribution in [0.15, 0.2) is 29.2 Å². The van der Waals surface area contributed by atoms with Gasteiger partial charge in [-0.15, -0.1) is 11.8 Å². The minimum Gasteiger partial charge on any atom is -0.258 e. The molecule has 0 aliphatic heterocycles. The molecular formula is C12H17NO2S2. The average molecular weight is 271 g/mol. The summed E-state index contributed by atoms with van der Waals surface area (Å²) in [5, 5.41) is 10.8. The van der Waals surface area contributed by atoms with E-state index in [1.54, 1.807) is 23.9 Å². The predicted molar refractivity (Wildman–Crippen MR) is 76.1 cm³/mol. The average Bonchev–Trinajstić information content (AvgIpc) is 2.34. The van der Waals surface area contributed by atoms with E-state index in [9.17, 15) is 10.1 Å². The standard InChI is InChI=1S/C12H17NO2S2/c1-2-5-10(8-16)9-17-12-7-4-3-6-11(12)13(14)15/h3-4,6-7,10,16H,2,5,8-9H2,1H3. The van der Waals surface area contributed by atoms with Crippen LogP contribution < -0.4 is 0 Å². The number of hydrogen-bond acceptors (Lipinski definition) is 4. The first-order valence-corrected chi connectivity index (χ1v) is 7.28. The fourth-order valence-corrected chi connectivity index (χ4v) is 3.22. The summed E-state index contributed by atoms with van der Waals surface area (Å²) in [6.07, 6.45) is 2.25. The topological polar surface area (TPSA) is 43.1 Å². The largest absolute Gasteiger partial charge is 0.282 e. The van der Waals surface area contributed by atoms with Gasteiger partial charge in [0.25, 0.3) is 5.69 Å². The van der Waals surface area contributed by atoms with Crippen molar-refractivity contribution in [2.45, 2.75) is 24.7 Å². The lowest BCUT2D eigenvalue weighted by Gasteiger charge is -2.12. The molecule has 1 aromatic carbocycles. The molecule has 0 radical (unpaired) electrons. The summed E-state index contributed by atoms with van der Waals surface area (Å²) >= 11 is 5.87. The lowest BCUT2D eigenvalue weighted by molar-refractivity contribution is -0.387. The van der Waals surface area contributed by atoms with Gasteiger partial charge >= 0.3 is 0 Å². The van der Waals surface area contributed by atoms with Crippen LogP contribution in [-0.4, -0.2) is 16.4 Å². The van der Waals surface area contributed by atoms with Gasteiger partial charge in [-0.1, -0.05) is 25.5 Å². The van der Waals surface area contributed by atoms with Gasteiger partial charge in [-0.05, 0) is 24.2 Å². The van der Waals surface area contributed by atoms with Crippen LogP contribution >= 0.6 is 24.4 Å². The fraction of sp³-hybridized carbons (Fsp3) is 0.500. The second-order valence-electron chi connectivity index (χ2n) is 3.87. The Morgan fingerprint density at radius 1 is 1.47 bits per heavy atom. The van der Waals surface area contributed by atoms with E-state index >= 15 is 0 Å². The maximum Gasteiger partial charge on any atom is 0.282 e. The van der Waals surface area contributed by atoms with E-state index in [0.29, 0.717) is 5.92 Å². The number of hydrogen-bond donors (Lipinski definition) is 1. The molecule has 1 rings (SSSR count). The highest BCUT2D eigenvalue weighted by molar-refractivity contribution is 7.99. The maximum absolute atomic E-state index is 10.8. The highest BCUT2D eigenvalue weighted by atomic mass is 32.2. The van der Waals surface area contributed by atoms with Gasteiger partial charge < -0.3 is 0 Å². The highest BCUT2D eigenvalue weighted by Crippen LogP contribution is 2.30. The lowest BCUT2D eigenvalue weighted by atomic mass is 10.1. The van der Waals surface area contributed by atoms with E-state index in [1.807, 2.05) is 12.1 Å². The number of benzene rings is 1. The molecule has 0 saturated heterocycles. The quantitative estimate of drug-likeness (QED) is 0.352. The Labute approximate surface area is 112 Å².